The molecule has 0 aliphatic carbocycles. The van der Waals surface area contributed by atoms with E-state index in [9.17, 15) is 13.6 Å². The first-order valence-corrected chi connectivity index (χ1v) is 8.09. The lowest BCUT2D eigenvalue weighted by Gasteiger charge is -2.25. The van der Waals surface area contributed by atoms with Gasteiger partial charge in [-0.1, -0.05) is 30.3 Å². The summed E-state index contributed by atoms with van der Waals surface area (Å²) in [5.74, 6) is -0.120. The summed E-state index contributed by atoms with van der Waals surface area (Å²) in [5, 5.41) is 0. The lowest BCUT2D eigenvalue weighted by molar-refractivity contribution is -0.0512. The maximum absolute atomic E-state index is 12.9. The van der Waals surface area contributed by atoms with Gasteiger partial charge in [0, 0.05) is 12.1 Å². The molecular formula is C19H19F2NO3. The fraction of sp³-hybridized carbons (Fsp3) is 0.316. The van der Waals surface area contributed by atoms with Crippen molar-refractivity contribution in [1.29, 1.82) is 0 Å². The topological polar surface area (TPSA) is 38.8 Å². The zero-order chi connectivity index (χ0) is 17.8. The number of nitrogens with zero attached hydrogens (tertiary/aromatic N) is 1. The number of carbonyl (C=O) groups is 1. The summed E-state index contributed by atoms with van der Waals surface area (Å²) in [5.41, 5.74) is 1.49. The fourth-order valence-electron chi connectivity index (χ4n) is 3.19. The Morgan fingerprint density at radius 3 is 2.60 bits per heavy atom. The highest BCUT2D eigenvalue weighted by Crippen LogP contribution is 2.35. The summed E-state index contributed by atoms with van der Waals surface area (Å²) >= 11 is 0. The quantitative estimate of drug-likeness (QED) is 0.811. The van der Waals surface area contributed by atoms with Crippen molar-refractivity contribution in [3.8, 4) is 11.5 Å². The first-order valence-electron chi connectivity index (χ1n) is 8.09. The Morgan fingerprint density at radius 1 is 1.16 bits per heavy atom. The van der Waals surface area contributed by atoms with Crippen LogP contribution >= 0.6 is 0 Å². The third-order valence-electron chi connectivity index (χ3n) is 4.32. The van der Waals surface area contributed by atoms with Gasteiger partial charge in [0.15, 0.2) is 11.5 Å². The number of benzene rings is 2. The molecule has 2 aromatic rings. The highest BCUT2D eigenvalue weighted by atomic mass is 19.3. The Bertz CT molecular complexity index is 737. The number of amides is 1. The third-order valence-corrected chi connectivity index (χ3v) is 4.32. The SMILES string of the molecule is COc1cc(C(=O)N2CCCC2c2ccccc2)ccc1OC(F)F. The maximum atomic E-state index is 12.9. The highest BCUT2D eigenvalue weighted by Gasteiger charge is 2.30. The molecular weight excluding hydrogens is 328 g/mol. The van der Waals surface area contributed by atoms with Crippen LogP contribution in [0, 0.1) is 0 Å². The molecule has 1 aliphatic heterocycles. The summed E-state index contributed by atoms with van der Waals surface area (Å²) < 4.78 is 34.3. The van der Waals surface area contributed by atoms with Gasteiger partial charge >= 0.3 is 6.61 Å². The summed E-state index contributed by atoms with van der Waals surface area (Å²) in [6.07, 6.45) is 1.83. The molecule has 0 N–H and O–H groups in total. The van der Waals surface area contributed by atoms with E-state index in [0.717, 1.165) is 18.4 Å². The molecule has 2 aromatic carbocycles. The molecule has 1 atom stereocenters. The molecule has 1 unspecified atom stereocenters. The van der Waals surface area contributed by atoms with Gasteiger partial charge in [0.05, 0.1) is 13.2 Å². The molecule has 25 heavy (non-hydrogen) atoms. The highest BCUT2D eigenvalue weighted by molar-refractivity contribution is 5.95. The second-order valence-electron chi connectivity index (χ2n) is 5.81. The Hall–Kier alpha value is -2.63. The fourth-order valence-corrected chi connectivity index (χ4v) is 3.19. The molecule has 6 heteroatoms. The molecule has 0 saturated carbocycles. The van der Waals surface area contributed by atoms with Crippen LogP contribution in [-0.4, -0.2) is 31.1 Å². The van der Waals surface area contributed by atoms with Crippen LogP contribution in [-0.2, 0) is 0 Å². The monoisotopic (exact) mass is 347 g/mol. The van der Waals surface area contributed by atoms with Crippen LogP contribution in [0.5, 0.6) is 11.5 Å². The molecule has 1 fully saturated rings. The van der Waals surface area contributed by atoms with E-state index in [1.165, 1.54) is 25.3 Å². The number of ether oxygens (including phenoxy) is 2. The van der Waals surface area contributed by atoms with Crippen LogP contribution in [0.3, 0.4) is 0 Å². The van der Waals surface area contributed by atoms with E-state index in [1.54, 1.807) is 0 Å². The minimum atomic E-state index is -2.95. The van der Waals surface area contributed by atoms with Crippen LogP contribution in [0.2, 0.25) is 0 Å². The predicted octanol–water partition coefficient (Wildman–Crippen LogP) is 4.27. The van der Waals surface area contributed by atoms with Gasteiger partial charge in [0.2, 0.25) is 0 Å². The third kappa shape index (κ3) is 3.73. The first kappa shape index (κ1) is 17.2. The van der Waals surface area contributed by atoms with Crippen molar-refractivity contribution in [1.82, 2.24) is 4.90 Å². The molecule has 1 amide bonds. The van der Waals surface area contributed by atoms with Gasteiger partial charge in [0.1, 0.15) is 0 Å². The van der Waals surface area contributed by atoms with Gasteiger partial charge in [-0.15, -0.1) is 0 Å². The van der Waals surface area contributed by atoms with Crippen LogP contribution in [0.1, 0.15) is 34.8 Å². The molecule has 0 aromatic heterocycles. The summed E-state index contributed by atoms with van der Waals surface area (Å²) in [6, 6.07) is 14.2. The molecule has 0 bridgehead atoms. The second kappa shape index (κ2) is 7.51. The van der Waals surface area contributed by atoms with Crippen LogP contribution in [0.4, 0.5) is 8.78 Å². The van der Waals surface area contributed by atoms with Crippen LogP contribution in [0.15, 0.2) is 48.5 Å². The lowest BCUT2D eigenvalue weighted by Crippen LogP contribution is -2.30. The second-order valence-corrected chi connectivity index (χ2v) is 5.81. The van der Waals surface area contributed by atoms with Gasteiger partial charge in [-0.25, -0.2) is 0 Å². The first-order chi connectivity index (χ1) is 12.1. The van der Waals surface area contributed by atoms with Crippen molar-refractivity contribution in [2.75, 3.05) is 13.7 Å². The number of hydrogen-bond donors (Lipinski definition) is 0. The van der Waals surface area contributed by atoms with E-state index in [1.807, 2.05) is 35.2 Å². The molecule has 132 valence electrons. The van der Waals surface area contributed by atoms with Crippen LogP contribution < -0.4 is 9.47 Å². The number of likely N-dealkylation sites (tertiary alicyclic amines) is 1. The van der Waals surface area contributed by atoms with Gasteiger partial charge in [0.25, 0.3) is 5.91 Å². The van der Waals surface area contributed by atoms with E-state index < -0.39 is 6.61 Å². The Morgan fingerprint density at radius 2 is 1.92 bits per heavy atom. The number of carbonyl (C=O) groups excluding carboxylic acids is 1. The maximum Gasteiger partial charge on any atom is 0.387 e. The number of rotatable bonds is 5. The summed E-state index contributed by atoms with van der Waals surface area (Å²) in [4.78, 5) is 14.7. The van der Waals surface area contributed by atoms with Crippen molar-refractivity contribution in [2.45, 2.75) is 25.5 Å². The smallest absolute Gasteiger partial charge is 0.387 e. The van der Waals surface area contributed by atoms with Crippen molar-refractivity contribution in [3.63, 3.8) is 0 Å². The van der Waals surface area contributed by atoms with Crippen molar-refractivity contribution < 1.29 is 23.0 Å². The standard InChI is InChI=1S/C19H19F2NO3/c1-24-17-12-14(9-10-16(17)25-19(20)21)18(23)22-11-5-8-15(22)13-6-3-2-4-7-13/h2-4,6-7,9-10,12,15,19H,5,8,11H2,1H3. The Labute approximate surface area is 145 Å². The predicted molar refractivity (Wildman–Crippen MR) is 89.1 cm³/mol. The van der Waals surface area contributed by atoms with Crippen LogP contribution in [0.25, 0.3) is 0 Å². The zero-order valence-electron chi connectivity index (χ0n) is 13.8. The average molecular weight is 347 g/mol. The van der Waals surface area contributed by atoms with Gasteiger partial charge in [-0.2, -0.15) is 8.78 Å². The molecule has 3 rings (SSSR count). The normalized spacial score (nSPS) is 17.0. The molecule has 0 spiro atoms. The minimum Gasteiger partial charge on any atom is -0.493 e. The van der Waals surface area contributed by atoms with Crippen molar-refractivity contribution >= 4 is 5.91 Å². The number of hydrogen-bond acceptors (Lipinski definition) is 3. The van der Waals surface area contributed by atoms with E-state index in [4.69, 9.17) is 4.74 Å². The van der Waals surface area contributed by atoms with E-state index in [2.05, 4.69) is 4.74 Å². The van der Waals surface area contributed by atoms with E-state index >= 15 is 0 Å². The minimum absolute atomic E-state index is 0.0247. The van der Waals surface area contributed by atoms with E-state index in [-0.39, 0.29) is 23.4 Å². The van der Waals surface area contributed by atoms with Gasteiger partial charge in [-0.05, 0) is 36.6 Å². The number of alkyl halides is 2. The van der Waals surface area contributed by atoms with Gasteiger partial charge < -0.3 is 14.4 Å². The largest absolute Gasteiger partial charge is 0.493 e. The molecule has 0 radical (unpaired) electrons. The van der Waals surface area contributed by atoms with Crippen molar-refractivity contribution in [2.24, 2.45) is 0 Å². The Kier molecular flexibility index (Phi) is 5.16. The number of methoxy groups -OCH3 is 1. The average Bonchev–Trinajstić information content (AvgIpc) is 3.11. The Balaban J connectivity index is 1.85. The molecule has 4 nitrogen and oxygen atoms in total. The molecule has 1 saturated heterocycles. The molecule has 1 heterocycles. The van der Waals surface area contributed by atoms with E-state index in [0.29, 0.717) is 12.1 Å². The number of halogens is 2. The summed E-state index contributed by atoms with van der Waals surface area (Å²) in [7, 11) is 1.35. The summed E-state index contributed by atoms with van der Waals surface area (Å²) in [6.45, 7) is -2.28. The molecule has 1 aliphatic rings. The lowest BCUT2D eigenvalue weighted by atomic mass is 10.0. The van der Waals surface area contributed by atoms with Gasteiger partial charge in [-0.3, -0.25) is 4.79 Å². The van der Waals surface area contributed by atoms with Crippen molar-refractivity contribution in [3.05, 3.63) is 59.7 Å². The zero-order valence-corrected chi connectivity index (χ0v) is 13.8.